The van der Waals surface area contributed by atoms with E-state index >= 15 is 0 Å². The first kappa shape index (κ1) is 12.9. The summed E-state index contributed by atoms with van der Waals surface area (Å²) in [7, 11) is 0. The average molecular weight is 247 g/mol. The van der Waals surface area contributed by atoms with Crippen molar-refractivity contribution in [3.05, 3.63) is 29.8 Å². The van der Waals surface area contributed by atoms with Crippen molar-refractivity contribution >= 4 is 11.5 Å². The van der Waals surface area contributed by atoms with Gasteiger partial charge in [0.1, 0.15) is 5.84 Å². The van der Waals surface area contributed by atoms with Gasteiger partial charge in [-0.2, -0.15) is 0 Å². The fourth-order valence-electron chi connectivity index (χ4n) is 2.68. The van der Waals surface area contributed by atoms with Crippen molar-refractivity contribution in [3.8, 4) is 0 Å². The quantitative estimate of drug-likeness (QED) is 0.548. The van der Waals surface area contributed by atoms with E-state index in [-0.39, 0.29) is 12.4 Å². The molecule has 0 spiro atoms. The molecule has 98 valence electrons. The lowest BCUT2D eigenvalue weighted by molar-refractivity contribution is 0.297. The Bertz CT molecular complexity index is 396. The van der Waals surface area contributed by atoms with Crippen molar-refractivity contribution in [2.45, 2.75) is 31.7 Å². The van der Waals surface area contributed by atoms with E-state index in [1.165, 1.54) is 25.7 Å². The first-order chi connectivity index (χ1) is 8.72. The van der Waals surface area contributed by atoms with Crippen molar-refractivity contribution in [2.24, 2.45) is 5.73 Å². The summed E-state index contributed by atoms with van der Waals surface area (Å²) in [6.07, 6.45) is 4.96. The molecule has 0 bridgehead atoms. The molecular formula is C14H21N3O. The molecule has 0 atom stereocenters. The zero-order valence-corrected chi connectivity index (χ0v) is 10.6. The van der Waals surface area contributed by atoms with Gasteiger partial charge in [-0.3, -0.25) is 5.41 Å². The van der Waals surface area contributed by atoms with Crippen LogP contribution in [0.1, 0.15) is 31.2 Å². The second-order valence-corrected chi connectivity index (χ2v) is 4.82. The molecule has 0 saturated heterocycles. The number of rotatable bonds is 5. The number of nitrogens with zero attached hydrogens (tertiary/aromatic N) is 1. The molecule has 4 N–H and O–H groups in total. The van der Waals surface area contributed by atoms with Crippen LogP contribution in [0.15, 0.2) is 24.3 Å². The fraction of sp³-hybridized carbons (Fsp3) is 0.500. The van der Waals surface area contributed by atoms with Crippen LogP contribution in [0.2, 0.25) is 0 Å². The third-order valence-electron chi connectivity index (χ3n) is 3.62. The van der Waals surface area contributed by atoms with Gasteiger partial charge in [-0.05, 0) is 37.1 Å². The molecule has 18 heavy (non-hydrogen) atoms. The predicted molar refractivity (Wildman–Crippen MR) is 74.1 cm³/mol. The number of anilines is 1. The van der Waals surface area contributed by atoms with Gasteiger partial charge in [0.2, 0.25) is 0 Å². The van der Waals surface area contributed by atoms with Crippen molar-refractivity contribution < 1.29 is 5.11 Å². The van der Waals surface area contributed by atoms with E-state index in [1.54, 1.807) is 0 Å². The number of hydrogen-bond donors (Lipinski definition) is 3. The van der Waals surface area contributed by atoms with Crippen LogP contribution < -0.4 is 10.6 Å². The monoisotopic (exact) mass is 247 g/mol. The van der Waals surface area contributed by atoms with E-state index in [9.17, 15) is 5.11 Å². The molecular weight excluding hydrogens is 226 g/mol. The zero-order chi connectivity index (χ0) is 13.0. The number of hydrogen-bond acceptors (Lipinski definition) is 3. The van der Waals surface area contributed by atoms with Gasteiger partial charge in [-0.15, -0.1) is 0 Å². The largest absolute Gasteiger partial charge is 0.395 e. The van der Waals surface area contributed by atoms with Crippen molar-refractivity contribution in [1.29, 1.82) is 5.41 Å². The summed E-state index contributed by atoms with van der Waals surface area (Å²) in [6, 6.07) is 8.27. The lowest BCUT2D eigenvalue weighted by Gasteiger charge is -2.30. The molecule has 1 saturated carbocycles. The standard InChI is InChI=1S/C14H21N3O/c15-14(16)11-5-7-13(8-6-11)17(9-10-18)12-3-1-2-4-12/h5-8,12,18H,1-4,9-10H2,(H3,15,16). The normalized spacial score (nSPS) is 15.8. The van der Waals surface area contributed by atoms with Gasteiger partial charge < -0.3 is 15.7 Å². The maximum absolute atomic E-state index is 9.21. The lowest BCUT2D eigenvalue weighted by atomic mass is 10.1. The minimum absolute atomic E-state index is 0.0936. The Kier molecular flexibility index (Phi) is 4.20. The first-order valence-electron chi connectivity index (χ1n) is 6.54. The van der Waals surface area contributed by atoms with Crippen LogP contribution in [0.4, 0.5) is 5.69 Å². The van der Waals surface area contributed by atoms with E-state index < -0.39 is 0 Å². The highest BCUT2D eigenvalue weighted by molar-refractivity contribution is 5.95. The van der Waals surface area contributed by atoms with Gasteiger partial charge in [0, 0.05) is 23.8 Å². The van der Waals surface area contributed by atoms with E-state index in [0.717, 1.165) is 11.3 Å². The molecule has 2 rings (SSSR count). The van der Waals surface area contributed by atoms with E-state index in [4.69, 9.17) is 11.1 Å². The predicted octanol–water partition coefficient (Wildman–Crippen LogP) is 1.71. The van der Waals surface area contributed by atoms with Crippen LogP contribution in [0.25, 0.3) is 0 Å². The van der Waals surface area contributed by atoms with E-state index in [2.05, 4.69) is 4.90 Å². The summed E-state index contributed by atoms with van der Waals surface area (Å²) in [5.74, 6) is 0.0936. The Morgan fingerprint density at radius 3 is 2.39 bits per heavy atom. The fourth-order valence-corrected chi connectivity index (χ4v) is 2.68. The summed E-state index contributed by atoms with van der Waals surface area (Å²) >= 11 is 0. The van der Waals surface area contributed by atoms with E-state index in [0.29, 0.717) is 12.6 Å². The maximum atomic E-state index is 9.21. The summed E-state index contributed by atoms with van der Waals surface area (Å²) in [6.45, 7) is 0.842. The number of nitrogens with two attached hydrogens (primary N) is 1. The van der Waals surface area contributed by atoms with Crippen molar-refractivity contribution in [1.82, 2.24) is 0 Å². The Morgan fingerprint density at radius 1 is 1.28 bits per heavy atom. The van der Waals surface area contributed by atoms with Crippen LogP contribution >= 0.6 is 0 Å². The first-order valence-corrected chi connectivity index (χ1v) is 6.54. The zero-order valence-electron chi connectivity index (χ0n) is 10.6. The SMILES string of the molecule is N=C(N)c1ccc(N(CCO)C2CCCC2)cc1. The molecule has 0 unspecified atom stereocenters. The van der Waals surface area contributed by atoms with Crippen LogP contribution in [0.5, 0.6) is 0 Å². The minimum atomic E-state index is 0.0936. The number of aliphatic hydroxyl groups is 1. The third-order valence-corrected chi connectivity index (χ3v) is 3.62. The van der Waals surface area contributed by atoms with Crippen LogP contribution in [0.3, 0.4) is 0 Å². The van der Waals surface area contributed by atoms with Gasteiger partial charge in [0.15, 0.2) is 0 Å². The molecule has 1 aromatic rings. The molecule has 4 nitrogen and oxygen atoms in total. The Hall–Kier alpha value is -1.55. The van der Waals surface area contributed by atoms with Gasteiger partial charge in [-0.1, -0.05) is 12.8 Å². The van der Waals surface area contributed by atoms with Gasteiger partial charge in [-0.25, -0.2) is 0 Å². The lowest BCUT2D eigenvalue weighted by Crippen LogP contribution is -2.35. The Labute approximate surface area is 108 Å². The molecule has 0 amide bonds. The second kappa shape index (κ2) is 5.87. The Morgan fingerprint density at radius 2 is 1.89 bits per heavy atom. The van der Waals surface area contributed by atoms with Crippen LogP contribution in [0, 0.1) is 5.41 Å². The van der Waals surface area contributed by atoms with Gasteiger partial charge in [0.25, 0.3) is 0 Å². The summed E-state index contributed by atoms with van der Waals surface area (Å²) in [4.78, 5) is 2.27. The molecule has 0 heterocycles. The molecule has 1 aromatic carbocycles. The number of nitrogen functional groups attached to an aromatic ring is 1. The Balaban J connectivity index is 2.16. The van der Waals surface area contributed by atoms with Crippen molar-refractivity contribution in [2.75, 3.05) is 18.1 Å². The van der Waals surface area contributed by atoms with Gasteiger partial charge in [0.05, 0.1) is 6.61 Å². The highest BCUT2D eigenvalue weighted by Gasteiger charge is 2.22. The molecule has 1 aliphatic rings. The highest BCUT2D eigenvalue weighted by atomic mass is 16.3. The highest BCUT2D eigenvalue weighted by Crippen LogP contribution is 2.28. The summed E-state index contributed by atoms with van der Waals surface area (Å²) in [5.41, 5.74) is 7.31. The molecule has 1 fully saturated rings. The van der Waals surface area contributed by atoms with Crippen LogP contribution in [-0.2, 0) is 0 Å². The number of amidine groups is 1. The average Bonchev–Trinajstić information content (AvgIpc) is 2.90. The minimum Gasteiger partial charge on any atom is -0.395 e. The number of aliphatic hydroxyl groups excluding tert-OH is 1. The van der Waals surface area contributed by atoms with Crippen molar-refractivity contribution in [3.63, 3.8) is 0 Å². The maximum Gasteiger partial charge on any atom is 0.122 e. The smallest absolute Gasteiger partial charge is 0.122 e. The molecule has 0 aliphatic heterocycles. The molecule has 1 aliphatic carbocycles. The molecule has 4 heteroatoms. The summed E-state index contributed by atoms with van der Waals surface area (Å²) in [5, 5.41) is 16.6. The number of nitrogens with one attached hydrogen (secondary N) is 1. The number of benzene rings is 1. The topological polar surface area (TPSA) is 73.3 Å². The van der Waals surface area contributed by atoms with Gasteiger partial charge >= 0.3 is 0 Å². The summed E-state index contributed by atoms with van der Waals surface area (Å²) < 4.78 is 0. The van der Waals surface area contributed by atoms with Crippen LogP contribution in [-0.4, -0.2) is 30.1 Å². The second-order valence-electron chi connectivity index (χ2n) is 4.82. The third kappa shape index (κ3) is 2.82. The molecule has 0 radical (unpaired) electrons. The van der Waals surface area contributed by atoms with E-state index in [1.807, 2.05) is 24.3 Å². The molecule has 0 aromatic heterocycles.